The Morgan fingerprint density at radius 1 is 0.852 bits per heavy atom. The van der Waals surface area contributed by atoms with Crippen LogP contribution in [0.2, 0.25) is 0 Å². The zero-order chi connectivity index (χ0) is 19.8. The van der Waals surface area contributed by atoms with Crippen molar-refractivity contribution in [3.63, 3.8) is 0 Å². The van der Waals surface area contributed by atoms with E-state index in [0.29, 0.717) is 22.6 Å². The van der Waals surface area contributed by atoms with Crippen LogP contribution >= 0.6 is 0 Å². The van der Waals surface area contributed by atoms with Crippen LogP contribution in [0.15, 0.2) is 48.5 Å². The molecule has 7 nitrogen and oxygen atoms in total. The summed E-state index contributed by atoms with van der Waals surface area (Å²) in [7, 11) is 1.32. The molecule has 27 heavy (non-hydrogen) atoms. The van der Waals surface area contributed by atoms with E-state index in [4.69, 9.17) is 0 Å². The first kappa shape index (κ1) is 20.0. The van der Waals surface area contributed by atoms with E-state index in [-0.39, 0.29) is 24.3 Å². The van der Waals surface area contributed by atoms with E-state index in [1.165, 1.54) is 7.11 Å². The molecule has 0 radical (unpaired) electrons. The predicted molar refractivity (Wildman–Crippen MR) is 105 cm³/mol. The summed E-state index contributed by atoms with van der Waals surface area (Å²) in [6, 6.07) is 13.5. The zero-order valence-electron chi connectivity index (χ0n) is 15.5. The van der Waals surface area contributed by atoms with Crippen LogP contribution in [0.1, 0.15) is 24.2 Å². The van der Waals surface area contributed by atoms with E-state index >= 15 is 0 Å². The number of hydrogen-bond donors (Lipinski definition) is 3. The highest BCUT2D eigenvalue weighted by molar-refractivity contribution is 5.95. The third-order valence-electron chi connectivity index (χ3n) is 3.72. The van der Waals surface area contributed by atoms with Crippen molar-refractivity contribution >= 4 is 34.8 Å². The lowest BCUT2D eigenvalue weighted by atomic mass is 10.2. The molecule has 0 aliphatic heterocycles. The molecule has 2 amide bonds. The molecule has 0 aliphatic carbocycles. The van der Waals surface area contributed by atoms with Gasteiger partial charge < -0.3 is 20.7 Å². The number of anilines is 3. The summed E-state index contributed by atoms with van der Waals surface area (Å²) in [4.78, 5) is 35.1. The Balaban J connectivity index is 1.83. The van der Waals surface area contributed by atoms with E-state index in [2.05, 4.69) is 20.7 Å². The molecule has 0 aromatic heterocycles. The Morgan fingerprint density at radius 2 is 1.37 bits per heavy atom. The van der Waals surface area contributed by atoms with E-state index in [1.807, 2.05) is 13.8 Å². The summed E-state index contributed by atoms with van der Waals surface area (Å²) in [6.45, 7) is 3.71. The van der Waals surface area contributed by atoms with Gasteiger partial charge in [-0.2, -0.15) is 0 Å². The number of carbonyl (C=O) groups is 3. The van der Waals surface area contributed by atoms with Gasteiger partial charge in [0.15, 0.2) is 0 Å². The Kier molecular flexibility index (Phi) is 6.93. The standard InChI is InChI=1S/C20H23N3O4/c1-13(2)19(25)23-17-10-8-16(9-11-17)22-18(24)12-21-15-6-4-14(5-7-15)20(26)27-3/h4-11,13,21H,12H2,1-3H3,(H,22,24)(H,23,25). The molecule has 2 aromatic rings. The Morgan fingerprint density at radius 3 is 1.89 bits per heavy atom. The van der Waals surface area contributed by atoms with E-state index in [1.54, 1.807) is 48.5 Å². The number of benzene rings is 2. The van der Waals surface area contributed by atoms with Gasteiger partial charge in [-0.3, -0.25) is 9.59 Å². The molecule has 0 atom stereocenters. The topological polar surface area (TPSA) is 96.5 Å². The van der Waals surface area contributed by atoms with Crippen molar-refractivity contribution in [3.8, 4) is 0 Å². The fraction of sp³-hybridized carbons (Fsp3) is 0.250. The molecule has 142 valence electrons. The number of esters is 1. The maximum absolute atomic E-state index is 12.0. The molecule has 0 saturated heterocycles. The molecule has 0 saturated carbocycles. The second-order valence-electron chi connectivity index (χ2n) is 6.19. The molecule has 0 unspecified atom stereocenters. The molecule has 0 heterocycles. The second kappa shape index (κ2) is 9.38. The third-order valence-corrected chi connectivity index (χ3v) is 3.72. The number of methoxy groups -OCH3 is 1. The number of nitrogens with one attached hydrogen (secondary N) is 3. The molecule has 0 fully saturated rings. The van der Waals surface area contributed by atoms with E-state index in [9.17, 15) is 14.4 Å². The molecular weight excluding hydrogens is 346 g/mol. The van der Waals surface area contributed by atoms with Crippen molar-refractivity contribution in [1.29, 1.82) is 0 Å². The smallest absolute Gasteiger partial charge is 0.337 e. The van der Waals surface area contributed by atoms with Crippen LogP contribution in [0.3, 0.4) is 0 Å². The Bertz CT molecular complexity index is 799. The molecule has 0 bridgehead atoms. The molecular formula is C20H23N3O4. The van der Waals surface area contributed by atoms with Crippen LogP contribution in [0.5, 0.6) is 0 Å². The van der Waals surface area contributed by atoms with Crippen molar-refractivity contribution in [1.82, 2.24) is 0 Å². The summed E-state index contributed by atoms with van der Waals surface area (Å²) in [6.07, 6.45) is 0. The first-order valence-corrected chi connectivity index (χ1v) is 8.52. The number of carbonyl (C=O) groups excluding carboxylic acids is 3. The van der Waals surface area contributed by atoms with Gasteiger partial charge >= 0.3 is 5.97 Å². The largest absolute Gasteiger partial charge is 0.465 e. The van der Waals surface area contributed by atoms with E-state index in [0.717, 1.165) is 0 Å². The van der Waals surface area contributed by atoms with Crippen LogP contribution in [-0.4, -0.2) is 31.4 Å². The first-order chi connectivity index (χ1) is 12.9. The van der Waals surface area contributed by atoms with Crippen molar-refractivity contribution in [3.05, 3.63) is 54.1 Å². The van der Waals surface area contributed by atoms with Crippen molar-refractivity contribution in [2.45, 2.75) is 13.8 Å². The monoisotopic (exact) mass is 369 g/mol. The minimum absolute atomic E-state index is 0.0609. The maximum Gasteiger partial charge on any atom is 0.337 e. The van der Waals surface area contributed by atoms with Crippen molar-refractivity contribution < 1.29 is 19.1 Å². The van der Waals surface area contributed by atoms with Crippen LogP contribution in [0.4, 0.5) is 17.1 Å². The molecule has 0 spiro atoms. The molecule has 0 aliphatic rings. The van der Waals surface area contributed by atoms with Gasteiger partial charge in [0.1, 0.15) is 0 Å². The predicted octanol–water partition coefficient (Wildman–Crippen LogP) is 3.12. The third kappa shape index (κ3) is 6.14. The average Bonchev–Trinajstić information content (AvgIpc) is 2.67. The highest BCUT2D eigenvalue weighted by Gasteiger charge is 2.08. The SMILES string of the molecule is COC(=O)c1ccc(NCC(=O)Nc2ccc(NC(=O)C(C)C)cc2)cc1. The number of hydrogen-bond acceptors (Lipinski definition) is 5. The zero-order valence-corrected chi connectivity index (χ0v) is 15.5. The summed E-state index contributed by atoms with van der Waals surface area (Å²) < 4.78 is 4.64. The Hall–Kier alpha value is -3.35. The molecule has 2 aromatic carbocycles. The van der Waals surface area contributed by atoms with Gasteiger partial charge in [-0.05, 0) is 48.5 Å². The lowest BCUT2D eigenvalue weighted by Crippen LogP contribution is -2.22. The van der Waals surface area contributed by atoms with Gasteiger partial charge in [-0.1, -0.05) is 13.8 Å². The minimum atomic E-state index is -0.410. The lowest BCUT2D eigenvalue weighted by molar-refractivity contribution is -0.119. The number of ether oxygens (including phenoxy) is 1. The number of amides is 2. The maximum atomic E-state index is 12.0. The van der Waals surface area contributed by atoms with Gasteiger partial charge in [0.05, 0.1) is 19.2 Å². The number of rotatable bonds is 7. The highest BCUT2D eigenvalue weighted by atomic mass is 16.5. The fourth-order valence-corrected chi connectivity index (χ4v) is 2.15. The van der Waals surface area contributed by atoms with Gasteiger partial charge in [0.2, 0.25) is 11.8 Å². The fourth-order valence-electron chi connectivity index (χ4n) is 2.15. The van der Waals surface area contributed by atoms with Crippen molar-refractivity contribution in [2.24, 2.45) is 5.92 Å². The summed E-state index contributed by atoms with van der Waals surface area (Å²) >= 11 is 0. The van der Waals surface area contributed by atoms with Crippen LogP contribution < -0.4 is 16.0 Å². The van der Waals surface area contributed by atoms with Crippen LogP contribution in [0.25, 0.3) is 0 Å². The quantitative estimate of drug-likeness (QED) is 0.652. The molecule has 2 rings (SSSR count). The van der Waals surface area contributed by atoms with Crippen molar-refractivity contribution in [2.75, 3.05) is 29.6 Å². The lowest BCUT2D eigenvalue weighted by Gasteiger charge is -2.10. The van der Waals surface area contributed by atoms with Gasteiger partial charge in [0, 0.05) is 23.0 Å². The van der Waals surface area contributed by atoms with E-state index < -0.39 is 5.97 Å². The van der Waals surface area contributed by atoms with Crippen LogP contribution in [-0.2, 0) is 14.3 Å². The first-order valence-electron chi connectivity index (χ1n) is 8.52. The average molecular weight is 369 g/mol. The summed E-state index contributed by atoms with van der Waals surface area (Å²) in [5.74, 6) is -0.787. The summed E-state index contributed by atoms with van der Waals surface area (Å²) in [5, 5.41) is 8.53. The van der Waals surface area contributed by atoms with Crippen LogP contribution in [0, 0.1) is 5.92 Å². The molecule has 7 heteroatoms. The highest BCUT2D eigenvalue weighted by Crippen LogP contribution is 2.15. The molecule has 3 N–H and O–H groups in total. The minimum Gasteiger partial charge on any atom is -0.465 e. The van der Waals surface area contributed by atoms with Gasteiger partial charge in [-0.25, -0.2) is 4.79 Å². The summed E-state index contributed by atoms with van der Waals surface area (Å²) in [5.41, 5.74) is 2.46. The Labute approximate surface area is 158 Å². The normalized spacial score (nSPS) is 10.2. The van der Waals surface area contributed by atoms with Gasteiger partial charge in [0.25, 0.3) is 0 Å². The van der Waals surface area contributed by atoms with Gasteiger partial charge in [-0.15, -0.1) is 0 Å². The second-order valence-corrected chi connectivity index (χ2v) is 6.19.